The van der Waals surface area contributed by atoms with Gasteiger partial charge in [-0.15, -0.1) is 0 Å². The number of hydrogen-bond donors (Lipinski definition) is 0. The van der Waals surface area contributed by atoms with Gasteiger partial charge in [-0.3, -0.25) is 20.2 Å². The molecule has 0 spiro atoms. The van der Waals surface area contributed by atoms with Crippen molar-refractivity contribution in [2.24, 2.45) is 0 Å². The summed E-state index contributed by atoms with van der Waals surface area (Å²) in [5, 5.41) is 22.3. The molecule has 2 aromatic carbocycles. The second-order valence-electron chi connectivity index (χ2n) is 4.51. The number of rotatable bonds is 4. The van der Waals surface area contributed by atoms with Gasteiger partial charge in [0.15, 0.2) is 0 Å². The largest absolute Gasteiger partial charge is 0.275 e. The molecule has 0 saturated carbocycles. The summed E-state index contributed by atoms with van der Waals surface area (Å²) in [6.07, 6.45) is 0.121. The molecule has 108 valence electrons. The second kappa shape index (κ2) is 6.01. The summed E-state index contributed by atoms with van der Waals surface area (Å²) >= 11 is 3.28. The first-order chi connectivity index (χ1) is 9.91. The number of nitro groups is 2. The van der Waals surface area contributed by atoms with Crippen molar-refractivity contribution in [1.82, 2.24) is 0 Å². The van der Waals surface area contributed by atoms with E-state index in [2.05, 4.69) is 15.9 Å². The predicted octanol–water partition coefficient (Wildman–Crippen LogP) is 4.16. The molecule has 0 atom stereocenters. The van der Waals surface area contributed by atoms with Crippen LogP contribution in [-0.2, 0) is 6.42 Å². The molecule has 7 heteroatoms. The maximum Gasteiger partial charge on any atom is 0.275 e. The molecule has 0 fully saturated rings. The van der Waals surface area contributed by atoms with Crippen LogP contribution in [0.4, 0.5) is 11.4 Å². The van der Waals surface area contributed by atoms with Gasteiger partial charge in [-0.25, -0.2) is 0 Å². The Bertz CT molecular complexity index is 731. The molecule has 2 rings (SSSR count). The SMILES string of the molecule is Cc1cccc(Cc2c(Br)cccc2[N+](=O)[O-])c1[N+](=O)[O-]. The number of benzene rings is 2. The summed E-state index contributed by atoms with van der Waals surface area (Å²) in [7, 11) is 0. The van der Waals surface area contributed by atoms with Crippen molar-refractivity contribution in [2.75, 3.05) is 0 Å². The Labute approximate surface area is 128 Å². The van der Waals surface area contributed by atoms with Crippen LogP contribution in [0.15, 0.2) is 40.9 Å². The first-order valence-electron chi connectivity index (χ1n) is 6.06. The van der Waals surface area contributed by atoms with Crippen LogP contribution >= 0.6 is 15.9 Å². The van der Waals surface area contributed by atoms with E-state index >= 15 is 0 Å². The Balaban J connectivity index is 2.56. The van der Waals surface area contributed by atoms with Crippen molar-refractivity contribution in [3.05, 3.63) is 77.8 Å². The molecule has 0 aliphatic rings. The van der Waals surface area contributed by atoms with Crippen LogP contribution in [0.2, 0.25) is 0 Å². The molecule has 0 aliphatic carbocycles. The number of hydrogen-bond acceptors (Lipinski definition) is 4. The number of nitrogens with zero attached hydrogens (tertiary/aromatic N) is 2. The van der Waals surface area contributed by atoms with Gasteiger partial charge in [-0.05, 0) is 13.0 Å². The molecule has 0 N–H and O–H groups in total. The lowest BCUT2D eigenvalue weighted by Gasteiger charge is -2.08. The van der Waals surface area contributed by atoms with Gasteiger partial charge in [0.1, 0.15) is 0 Å². The fourth-order valence-electron chi connectivity index (χ4n) is 2.21. The Morgan fingerprint density at radius 1 is 1.05 bits per heavy atom. The highest BCUT2D eigenvalue weighted by Gasteiger charge is 2.22. The Morgan fingerprint density at radius 3 is 2.33 bits per heavy atom. The van der Waals surface area contributed by atoms with Crippen LogP contribution in [0.1, 0.15) is 16.7 Å². The summed E-state index contributed by atoms with van der Waals surface area (Å²) in [5.74, 6) is 0. The standard InChI is InChI=1S/C14H11BrN2O4/c1-9-4-2-5-10(14(9)17(20)21)8-11-12(15)6-3-7-13(11)16(18)19/h2-7H,8H2,1H3. The van der Waals surface area contributed by atoms with Crippen molar-refractivity contribution < 1.29 is 9.85 Å². The van der Waals surface area contributed by atoms with Gasteiger partial charge < -0.3 is 0 Å². The Hall–Kier alpha value is -2.28. The molecule has 0 bridgehead atoms. The van der Waals surface area contributed by atoms with E-state index < -0.39 is 9.85 Å². The number of halogens is 1. The third kappa shape index (κ3) is 3.08. The van der Waals surface area contributed by atoms with Crippen LogP contribution in [0.3, 0.4) is 0 Å². The Kier molecular flexibility index (Phi) is 4.32. The summed E-state index contributed by atoms with van der Waals surface area (Å²) in [4.78, 5) is 21.4. The third-order valence-electron chi connectivity index (χ3n) is 3.16. The van der Waals surface area contributed by atoms with Crippen LogP contribution < -0.4 is 0 Å². The molecule has 21 heavy (non-hydrogen) atoms. The first kappa shape index (κ1) is 15.1. The fraction of sp³-hybridized carbons (Fsp3) is 0.143. The van der Waals surface area contributed by atoms with Crippen molar-refractivity contribution in [2.45, 2.75) is 13.3 Å². The van der Waals surface area contributed by atoms with Gasteiger partial charge in [0.2, 0.25) is 0 Å². The molecule has 2 aromatic rings. The maximum absolute atomic E-state index is 11.2. The van der Waals surface area contributed by atoms with E-state index in [1.807, 2.05) is 0 Å². The van der Waals surface area contributed by atoms with E-state index in [0.717, 1.165) is 0 Å². The average Bonchev–Trinajstić information content (AvgIpc) is 2.40. The van der Waals surface area contributed by atoms with Gasteiger partial charge in [0.25, 0.3) is 11.4 Å². The topological polar surface area (TPSA) is 86.3 Å². The molecular formula is C14H11BrN2O4. The summed E-state index contributed by atoms with van der Waals surface area (Å²) in [6.45, 7) is 1.65. The number of para-hydroxylation sites is 1. The normalized spacial score (nSPS) is 10.4. The van der Waals surface area contributed by atoms with Gasteiger partial charge in [0, 0.05) is 33.7 Å². The highest BCUT2D eigenvalue weighted by atomic mass is 79.9. The zero-order valence-corrected chi connectivity index (χ0v) is 12.7. The van der Waals surface area contributed by atoms with Gasteiger partial charge >= 0.3 is 0 Å². The first-order valence-corrected chi connectivity index (χ1v) is 6.85. The minimum atomic E-state index is -0.484. The van der Waals surface area contributed by atoms with E-state index in [1.165, 1.54) is 6.07 Å². The molecular weight excluding hydrogens is 340 g/mol. The number of nitro benzene ring substituents is 2. The van der Waals surface area contributed by atoms with Crippen LogP contribution in [0.5, 0.6) is 0 Å². The minimum absolute atomic E-state index is 0.00236. The molecule has 0 aromatic heterocycles. The van der Waals surface area contributed by atoms with Gasteiger partial charge in [0.05, 0.1) is 9.85 Å². The molecule has 0 saturated heterocycles. The molecule has 6 nitrogen and oxygen atoms in total. The highest BCUT2D eigenvalue weighted by molar-refractivity contribution is 9.10. The van der Waals surface area contributed by atoms with E-state index in [0.29, 0.717) is 21.2 Å². The molecule has 0 heterocycles. The van der Waals surface area contributed by atoms with Gasteiger partial charge in [-0.2, -0.15) is 0 Å². The molecule has 0 aliphatic heterocycles. The van der Waals surface area contributed by atoms with Crippen LogP contribution in [0, 0.1) is 27.2 Å². The predicted molar refractivity (Wildman–Crippen MR) is 81.4 cm³/mol. The fourth-order valence-corrected chi connectivity index (χ4v) is 2.70. The zero-order valence-electron chi connectivity index (χ0n) is 11.1. The zero-order chi connectivity index (χ0) is 15.6. The van der Waals surface area contributed by atoms with Crippen molar-refractivity contribution in [1.29, 1.82) is 0 Å². The molecule has 0 unspecified atom stereocenters. The minimum Gasteiger partial charge on any atom is -0.258 e. The van der Waals surface area contributed by atoms with E-state index in [9.17, 15) is 20.2 Å². The molecule has 0 radical (unpaired) electrons. The van der Waals surface area contributed by atoms with Crippen LogP contribution in [-0.4, -0.2) is 9.85 Å². The second-order valence-corrected chi connectivity index (χ2v) is 5.37. The van der Waals surface area contributed by atoms with E-state index in [4.69, 9.17) is 0 Å². The van der Waals surface area contributed by atoms with Crippen molar-refractivity contribution >= 4 is 27.3 Å². The van der Waals surface area contributed by atoms with E-state index in [1.54, 1.807) is 37.3 Å². The third-order valence-corrected chi connectivity index (χ3v) is 3.90. The van der Waals surface area contributed by atoms with Crippen molar-refractivity contribution in [3.8, 4) is 0 Å². The summed E-state index contributed by atoms with van der Waals surface area (Å²) in [5.41, 5.74) is 1.36. The van der Waals surface area contributed by atoms with Crippen LogP contribution in [0.25, 0.3) is 0 Å². The lowest BCUT2D eigenvalue weighted by atomic mass is 9.99. The maximum atomic E-state index is 11.2. The lowest BCUT2D eigenvalue weighted by molar-refractivity contribution is -0.386. The monoisotopic (exact) mass is 350 g/mol. The quantitative estimate of drug-likeness (QED) is 0.611. The smallest absolute Gasteiger partial charge is 0.258 e. The Morgan fingerprint density at radius 2 is 1.71 bits per heavy atom. The lowest BCUT2D eigenvalue weighted by Crippen LogP contribution is -2.02. The molecule has 0 amide bonds. The summed E-state index contributed by atoms with van der Waals surface area (Å²) < 4.78 is 0.563. The number of aryl methyl sites for hydroxylation is 1. The van der Waals surface area contributed by atoms with Gasteiger partial charge in [-0.1, -0.05) is 40.2 Å². The summed E-state index contributed by atoms with van der Waals surface area (Å²) in [6, 6.07) is 9.62. The highest BCUT2D eigenvalue weighted by Crippen LogP contribution is 2.32. The average molecular weight is 351 g/mol. The van der Waals surface area contributed by atoms with Crippen molar-refractivity contribution in [3.63, 3.8) is 0 Å². The van der Waals surface area contributed by atoms with E-state index in [-0.39, 0.29) is 17.8 Å².